The van der Waals surface area contributed by atoms with E-state index in [-0.39, 0.29) is 0 Å². The largest absolute Gasteiger partial charge is 0.467 e. The predicted molar refractivity (Wildman–Crippen MR) is 86.4 cm³/mol. The molecule has 1 N–H and O–H groups in total. The van der Waals surface area contributed by atoms with Crippen molar-refractivity contribution in [1.82, 2.24) is 10.3 Å². The minimum Gasteiger partial charge on any atom is -0.467 e. The van der Waals surface area contributed by atoms with Gasteiger partial charge in [-0.1, -0.05) is 32.9 Å². The van der Waals surface area contributed by atoms with Crippen molar-refractivity contribution in [2.45, 2.75) is 26.8 Å². The van der Waals surface area contributed by atoms with Crippen molar-refractivity contribution < 1.29 is 18.7 Å². The number of amides is 1. The third kappa shape index (κ3) is 4.18. The smallest absolute Gasteiger partial charge is 0.328 e. The van der Waals surface area contributed by atoms with Gasteiger partial charge in [0, 0.05) is 12.2 Å². The van der Waals surface area contributed by atoms with Gasteiger partial charge in [0.05, 0.1) is 7.11 Å². The summed E-state index contributed by atoms with van der Waals surface area (Å²) in [4.78, 5) is 28.1. The minimum absolute atomic E-state index is 0.326. The molecule has 2 rings (SSSR count). The van der Waals surface area contributed by atoms with E-state index in [2.05, 4.69) is 10.3 Å². The summed E-state index contributed by atoms with van der Waals surface area (Å²) in [6, 6.07) is 6.58. The van der Waals surface area contributed by atoms with Gasteiger partial charge in [0.25, 0.3) is 0 Å². The number of carbonyl (C=O) groups is 2. The summed E-state index contributed by atoms with van der Waals surface area (Å²) in [5, 5.41) is 2.64. The van der Waals surface area contributed by atoms with Crippen LogP contribution in [0.2, 0.25) is 0 Å². The Morgan fingerprint density at radius 3 is 2.61 bits per heavy atom. The van der Waals surface area contributed by atoms with E-state index in [4.69, 9.17) is 9.15 Å². The molecule has 122 valence electrons. The summed E-state index contributed by atoms with van der Waals surface area (Å²) >= 11 is 0. The summed E-state index contributed by atoms with van der Waals surface area (Å²) in [7, 11) is 1.29. The molecule has 1 amide bonds. The van der Waals surface area contributed by atoms with E-state index in [0.717, 1.165) is 5.52 Å². The van der Waals surface area contributed by atoms with E-state index < -0.39 is 23.3 Å². The number of methoxy groups -OCH3 is 1. The van der Waals surface area contributed by atoms with Gasteiger partial charge in [-0.25, -0.2) is 9.78 Å². The van der Waals surface area contributed by atoms with Gasteiger partial charge in [-0.2, -0.15) is 0 Å². The number of benzene rings is 1. The van der Waals surface area contributed by atoms with Gasteiger partial charge in [0.2, 0.25) is 11.8 Å². The minimum atomic E-state index is -0.742. The fourth-order valence-corrected chi connectivity index (χ4v) is 2.05. The van der Waals surface area contributed by atoms with Crippen molar-refractivity contribution in [3.63, 3.8) is 0 Å². The summed E-state index contributed by atoms with van der Waals surface area (Å²) in [5.41, 5.74) is 0.901. The molecular formula is C17H20N2O4. The number of fused-ring (bicyclic) bond motifs is 1. The molecule has 1 aromatic carbocycles. The number of oxazole rings is 1. The highest BCUT2D eigenvalue weighted by Gasteiger charge is 2.33. The van der Waals surface area contributed by atoms with Gasteiger partial charge >= 0.3 is 5.97 Å². The first-order valence-corrected chi connectivity index (χ1v) is 7.23. The van der Waals surface area contributed by atoms with E-state index in [1.807, 2.05) is 39.0 Å². The van der Waals surface area contributed by atoms with Crippen molar-refractivity contribution >= 4 is 29.1 Å². The predicted octanol–water partition coefficient (Wildman–Crippen LogP) is 2.54. The van der Waals surface area contributed by atoms with Crippen LogP contribution in [-0.2, 0) is 14.3 Å². The first-order chi connectivity index (χ1) is 10.8. The van der Waals surface area contributed by atoms with Gasteiger partial charge in [-0.15, -0.1) is 0 Å². The van der Waals surface area contributed by atoms with E-state index >= 15 is 0 Å². The Bertz CT molecular complexity index is 707. The molecule has 0 aliphatic heterocycles. The summed E-state index contributed by atoms with van der Waals surface area (Å²) in [6.07, 6.45) is 2.75. The standard InChI is InChI=1S/C17H20N2O4/c1-17(2,3)15(16(21)22-4)19-13(20)9-10-14-18-11-7-5-6-8-12(11)23-14/h5-10,15H,1-4H3,(H,19,20)/b10-9+. The second-order valence-corrected chi connectivity index (χ2v) is 6.18. The fraction of sp³-hybridized carbons (Fsp3) is 0.353. The van der Waals surface area contributed by atoms with E-state index in [1.165, 1.54) is 19.3 Å². The Kier molecular flexibility index (Phi) is 4.83. The number of aromatic nitrogens is 1. The Balaban J connectivity index is 2.09. The van der Waals surface area contributed by atoms with Gasteiger partial charge < -0.3 is 14.5 Å². The van der Waals surface area contributed by atoms with Crippen LogP contribution in [0, 0.1) is 5.41 Å². The first-order valence-electron chi connectivity index (χ1n) is 7.23. The topological polar surface area (TPSA) is 81.4 Å². The maximum atomic E-state index is 12.0. The summed E-state index contributed by atoms with van der Waals surface area (Å²) in [6.45, 7) is 5.54. The van der Waals surface area contributed by atoms with E-state index in [1.54, 1.807) is 6.07 Å². The molecule has 0 aliphatic rings. The molecule has 0 aliphatic carbocycles. The molecule has 1 unspecified atom stereocenters. The molecule has 0 bridgehead atoms. The van der Waals surface area contributed by atoms with E-state index in [9.17, 15) is 9.59 Å². The Morgan fingerprint density at radius 2 is 2.00 bits per heavy atom. The van der Waals surface area contributed by atoms with Gasteiger partial charge in [-0.05, 0) is 17.5 Å². The summed E-state index contributed by atoms with van der Waals surface area (Å²) < 4.78 is 10.2. The number of nitrogens with one attached hydrogen (secondary N) is 1. The monoisotopic (exact) mass is 316 g/mol. The number of carbonyl (C=O) groups excluding carboxylic acids is 2. The third-order valence-electron chi connectivity index (χ3n) is 3.28. The van der Waals surface area contributed by atoms with Crippen LogP contribution in [0.1, 0.15) is 26.7 Å². The van der Waals surface area contributed by atoms with Crippen molar-refractivity contribution in [3.8, 4) is 0 Å². The second kappa shape index (κ2) is 6.64. The molecule has 1 atom stereocenters. The zero-order valence-electron chi connectivity index (χ0n) is 13.6. The third-order valence-corrected chi connectivity index (χ3v) is 3.28. The molecule has 6 nitrogen and oxygen atoms in total. The maximum Gasteiger partial charge on any atom is 0.328 e. The number of hydrogen-bond acceptors (Lipinski definition) is 5. The van der Waals surface area contributed by atoms with Crippen LogP contribution < -0.4 is 5.32 Å². The SMILES string of the molecule is COC(=O)C(NC(=O)/C=C/c1nc2ccccc2o1)C(C)(C)C. The van der Waals surface area contributed by atoms with Crippen LogP contribution in [0.4, 0.5) is 0 Å². The van der Waals surface area contributed by atoms with Gasteiger partial charge in [0.1, 0.15) is 11.6 Å². The lowest BCUT2D eigenvalue weighted by Gasteiger charge is -2.28. The zero-order chi connectivity index (χ0) is 17.0. The lowest BCUT2D eigenvalue weighted by Crippen LogP contribution is -2.49. The fourth-order valence-electron chi connectivity index (χ4n) is 2.05. The molecule has 1 heterocycles. The van der Waals surface area contributed by atoms with Crippen molar-refractivity contribution in [2.75, 3.05) is 7.11 Å². The van der Waals surface area contributed by atoms with Crippen molar-refractivity contribution in [2.24, 2.45) is 5.41 Å². The lowest BCUT2D eigenvalue weighted by atomic mass is 9.86. The number of ether oxygens (including phenoxy) is 1. The van der Waals surface area contributed by atoms with Crippen LogP contribution in [-0.4, -0.2) is 30.0 Å². The molecule has 1 aromatic heterocycles. The molecule has 0 saturated heterocycles. The molecular weight excluding hydrogens is 296 g/mol. The molecule has 2 aromatic rings. The lowest BCUT2D eigenvalue weighted by molar-refractivity contribution is -0.147. The van der Waals surface area contributed by atoms with Gasteiger partial charge in [0.15, 0.2) is 5.58 Å². The Hall–Kier alpha value is -2.63. The molecule has 0 fully saturated rings. The van der Waals surface area contributed by atoms with Crippen LogP contribution in [0.25, 0.3) is 17.2 Å². The summed E-state index contributed by atoms with van der Waals surface area (Å²) in [5.74, 6) is -0.578. The van der Waals surface area contributed by atoms with Crippen LogP contribution >= 0.6 is 0 Å². The highest BCUT2D eigenvalue weighted by atomic mass is 16.5. The molecule has 6 heteroatoms. The Labute approximate surface area is 134 Å². The molecule has 23 heavy (non-hydrogen) atoms. The average Bonchev–Trinajstić information content (AvgIpc) is 2.91. The first kappa shape index (κ1) is 16.7. The highest BCUT2D eigenvalue weighted by molar-refractivity contribution is 5.94. The Morgan fingerprint density at radius 1 is 1.30 bits per heavy atom. The van der Waals surface area contributed by atoms with Crippen molar-refractivity contribution in [3.05, 3.63) is 36.2 Å². The molecule has 0 radical (unpaired) electrons. The average molecular weight is 316 g/mol. The molecule has 0 spiro atoms. The quantitative estimate of drug-likeness (QED) is 0.692. The van der Waals surface area contributed by atoms with Crippen molar-refractivity contribution in [1.29, 1.82) is 0 Å². The van der Waals surface area contributed by atoms with Gasteiger partial charge in [-0.3, -0.25) is 4.79 Å². The zero-order valence-corrected chi connectivity index (χ0v) is 13.6. The number of nitrogens with zero attached hydrogens (tertiary/aromatic N) is 1. The number of hydrogen-bond donors (Lipinski definition) is 1. The number of para-hydroxylation sites is 2. The van der Waals surface area contributed by atoms with E-state index in [0.29, 0.717) is 11.5 Å². The highest BCUT2D eigenvalue weighted by Crippen LogP contribution is 2.20. The van der Waals surface area contributed by atoms with Crippen LogP contribution in [0.5, 0.6) is 0 Å². The maximum absolute atomic E-state index is 12.0. The normalized spacial score (nSPS) is 13.2. The van der Waals surface area contributed by atoms with Crippen LogP contribution in [0.15, 0.2) is 34.8 Å². The van der Waals surface area contributed by atoms with Crippen LogP contribution in [0.3, 0.4) is 0 Å². The molecule has 0 saturated carbocycles. The number of esters is 1. The second-order valence-electron chi connectivity index (χ2n) is 6.18. The number of rotatable bonds is 4.